The van der Waals surface area contributed by atoms with Crippen molar-refractivity contribution in [2.24, 2.45) is 0 Å². The van der Waals surface area contributed by atoms with E-state index in [1.807, 2.05) is 54.8 Å². The molecule has 4 aliphatic rings. The fraction of sp³-hybridized carbons (Fsp3) is 0.462. The molecule has 370 valence electrons. The molecule has 3 aromatic heterocycles. The molecule has 4 atom stereocenters. The van der Waals surface area contributed by atoms with Gasteiger partial charge in [-0.25, -0.2) is 18.6 Å². The van der Waals surface area contributed by atoms with Gasteiger partial charge in [0.05, 0.1) is 54.0 Å². The average Bonchev–Trinajstić information content (AvgIpc) is 4.06. The number of furan rings is 1. The Kier molecular flexibility index (Phi) is 12.2. The Bertz CT molecular complexity index is 2860. The number of rotatable bonds is 12. The molecule has 0 unspecified atom stereocenters. The molecule has 70 heavy (non-hydrogen) atoms. The summed E-state index contributed by atoms with van der Waals surface area (Å²) in [5.74, 6) is 0.867. The van der Waals surface area contributed by atoms with Gasteiger partial charge < -0.3 is 33.2 Å². The van der Waals surface area contributed by atoms with Gasteiger partial charge >= 0.3 is 18.3 Å². The highest BCUT2D eigenvalue weighted by Crippen LogP contribution is 2.48. The van der Waals surface area contributed by atoms with Crippen molar-refractivity contribution in [1.82, 2.24) is 24.8 Å². The summed E-state index contributed by atoms with van der Waals surface area (Å²) in [6, 6.07) is 17.7. The average molecular weight is 970 g/mol. The van der Waals surface area contributed by atoms with E-state index in [0.29, 0.717) is 56.2 Å². The van der Waals surface area contributed by atoms with Crippen LogP contribution >= 0.6 is 0 Å². The van der Waals surface area contributed by atoms with E-state index in [4.69, 9.17) is 33.3 Å². The number of carbonyl (C=O) groups is 1. The van der Waals surface area contributed by atoms with Crippen molar-refractivity contribution in [1.29, 1.82) is 0 Å². The van der Waals surface area contributed by atoms with Gasteiger partial charge in [0.15, 0.2) is 5.82 Å². The maximum atomic E-state index is 18.3. The van der Waals surface area contributed by atoms with Gasteiger partial charge in [0.2, 0.25) is 0 Å². The molecule has 4 fully saturated rings. The predicted octanol–water partition coefficient (Wildman–Crippen LogP) is 10.7. The second-order valence-corrected chi connectivity index (χ2v) is 20.0. The molecule has 2 bridgehead atoms. The molecule has 0 saturated carbocycles. The van der Waals surface area contributed by atoms with Gasteiger partial charge in [-0.05, 0) is 114 Å². The number of benzene rings is 3. The minimum atomic E-state index is -4.98. The van der Waals surface area contributed by atoms with Crippen molar-refractivity contribution < 1.29 is 50.1 Å². The normalized spacial score (nSPS) is 21.4. The molecule has 18 heteroatoms. The van der Waals surface area contributed by atoms with Crippen LogP contribution in [0, 0.1) is 12.7 Å². The number of methoxy groups -OCH3 is 2. The molecule has 0 spiro atoms. The fourth-order valence-corrected chi connectivity index (χ4v) is 10.9. The summed E-state index contributed by atoms with van der Waals surface area (Å²) >= 11 is 0. The maximum absolute atomic E-state index is 18.3. The van der Waals surface area contributed by atoms with Crippen molar-refractivity contribution in [3.05, 3.63) is 95.0 Å². The van der Waals surface area contributed by atoms with E-state index >= 15 is 17.6 Å². The van der Waals surface area contributed by atoms with Gasteiger partial charge in [-0.3, -0.25) is 9.80 Å². The zero-order valence-electron chi connectivity index (χ0n) is 40.0. The van der Waals surface area contributed by atoms with E-state index < -0.39 is 52.2 Å². The number of nitrogens with zero attached hydrogens (tertiary/aromatic N) is 7. The second kappa shape index (κ2) is 18.1. The quantitative estimate of drug-likeness (QED) is 0.109. The third-order valence-corrected chi connectivity index (χ3v) is 14.1. The maximum Gasteiger partial charge on any atom is 0.418 e. The van der Waals surface area contributed by atoms with Gasteiger partial charge in [-0.2, -0.15) is 23.1 Å². The number of hydrogen-bond donors (Lipinski definition) is 0. The SMILES string of the molecule is COc1ccc(CN(Cc2ccc(OC)cc2)c2ccc(C(F)(F)F)c(-c3c(F)c4nc(OC[C@@]56CCCN5C[C@H](F)C6)nc(N5C[C@H]6CC[C@@H](C5)N6C(=O)OC(C)(C)C)c4c4cc(C)oc34)n2)cc1. The molecule has 1 amide bonds. The zero-order chi connectivity index (χ0) is 49.3. The lowest BCUT2D eigenvalue weighted by Gasteiger charge is -2.42. The molecule has 6 aromatic rings. The lowest BCUT2D eigenvalue weighted by atomic mass is 9.95. The predicted molar refractivity (Wildman–Crippen MR) is 254 cm³/mol. The molecule has 10 rings (SSSR count). The standard InChI is InChI=1S/C52H56F5N7O6/c1-30-22-38-41-45(59-48(68-29-51-20-7-21-63(51)26-33(53)23-51)60-47(41)62-27-34-12-13-35(28-62)64(34)49(65)70-50(2,3)4)43(54)42(46(38)69-30)44-39(52(55,56)57)18-19-40(58-44)61(24-31-8-14-36(66-5)15-9-31)25-32-10-16-37(67-6)17-11-32/h8-11,14-19,22,33-35H,7,12-13,20-21,23-29H2,1-6H3/t33-,34-,35+,51+/m1/s1. The third kappa shape index (κ3) is 8.98. The minimum absolute atomic E-state index is 0.0254. The molecule has 3 aromatic carbocycles. The van der Waals surface area contributed by atoms with Crippen molar-refractivity contribution in [2.75, 3.05) is 56.8 Å². The number of anilines is 2. The monoisotopic (exact) mass is 969 g/mol. The number of aryl methyl sites for hydroxylation is 1. The Hall–Kier alpha value is -6.43. The Balaban J connectivity index is 1.13. The smallest absolute Gasteiger partial charge is 0.418 e. The van der Waals surface area contributed by atoms with Crippen LogP contribution in [0.1, 0.15) is 75.3 Å². The van der Waals surface area contributed by atoms with Gasteiger partial charge in [0, 0.05) is 44.5 Å². The molecular formula is C52H56F5N7O6. The summed E-state index contributed by atoms with van der Waals surface area (Å²) < 4.78 is 109. The summed E-state index contributed by atoms with van der Waals surface area (Å²) in [6.45, 7) is 9.10. The highest BCUT2D eigenvalue weighted by atomic mass is 19.4. The summed E-state index contributed by atoms with van der Waals surface area (Å²) in [4.78, 5) is 35.5. The highest BCUT2D eigenvalue weighted by molar-refractivity contribution is 6.15. The van der Waals surface area contributed by atoms with Gasteiger partial charge in [0.25, 0.3) is 0 Å². The van der Waals surface area contributed by atoms with E-state index in [0.717, 1.165) is 23.6 Å². The molecule has 0 aliphatic carbocycles. The van der Waals surface area contributed by atoms with Crippen molar-refractivity contribution in [2.45, 2.75) is 108 Å². The molecular weight excluding hydrogens is 914 g/mol. The number of alkyl halides is 4. The van der Waals surface area contributed by atoms with Crippen LogP contribution in [0.4, 0.5) is 38.4 Å². The number of pyridine rings is 1. The van der Waals surface area contributed by atoms with Gasteiger partial charge in [-0.15, -0.1) is 0 Å². The van der Waals surface area contributed by atoms with Crippen LogP contribution in [0.5, 0.6) is 17.5 Å². The number of piperazine rings is 1. The van der Waals surface area contributed by atoms with Crippen LogP contribution in [0.2, 0.25) is 0 Å². The number of aromatic nitrogens is 3. The lowest BCUT2D eigenvalue weighted by Crippen LogP contribution is -2.57. The number of amides is 1. The van der Waals surface area contributed by atoms with E-state index in [1.165, 1.54) is 6.07 Å². The number of carbonyl (C=O) groups excluding carboxylic acids is 1. The number of hydrogen-bond acceptors (Lipinski definition) is 12. The van der Waals surface area contributed by atoms with E-state index in [9.17, 15) is 9.18 Å². The molecule has 4 aliphatic heterocycles. The fourth-order valence-electron chi connectivity index (χ4n) is 10.9. The number of fused-ring (bicyclic) bond motifs is 6. The summed E-state index contributed by atoms with van der Waals surface area (Å²) in [6.07, 6.45) is -3.28. The zero-order valence-corrected chi connectivity index (χ0v) is 40.0. The van der Waals surface area contributed by atoms with Crippen LogP contribution in [0.3, 0.4) is 0 Å². The number of halogens is 5. The first-order chi connectivity index (χ1) is 33.4. The Morgan fingerprint density at radius 2 is 1.53 bits per heavy atom. The van der Waals surface area contributed by atoms with Crippen LogP contribution in [0.25, 0.3) is 33.1 Å². The van der Waals surface area contributed by atoms with Crippen LogP contribution in [-0.2, 0) is 24.0 Å². The summed E-state index contributed by atoms with van der Waals surface area (Å²) in [7, 11) is 3.12. The van der Waals surface area contributed by atoms with Crippen LogP contribution < -0.4 is 24.0 Å². The molecule has 0 radical (unpaired) electrons. The van der Waals surface area contributed by atoms with E-state index in [2.05, 4.69) is 9.88 Å². The first-order valence-corrected chi connectivity index (χ1v) is 23.7. The third-order valence-electron chi connectivity index (χ3n) is 14.1. The highest BCUT2D eigenvalue weighted by Gasteiger charge is 2.50. The molecule has 7 heterocycles. The molecule has 13 nitrogen and oxygen atoms in total. The first kappa shape index (κ1) is 47.3. The molecule has 4 saturated heterocycles. The van der Waals surface area contributed by atoms with Gasteiger partial charge in [0.1, 0.15) is 58.4 Å². The summed E-state index contributed by atoms with van der Waals surface area (Å²) in [5, 5.41) is 0.485. The van der Waals surface area contributed by atoms with Gasteiger partial charge in [-0.1, -0.05) is 24.3 Å². The largest absolute Gasteiger partial charge is 0.497 e. The molecule has 0 N–H and O–H groups in total. The van der Waals surface area contributed by atoms with Crippen molar-refractivity contribution in [3.8, 4) is 28.8 Å². The first-order valence-electron chi connectivity index (χ1n) is 23.7. The summed E-state index contributed by atoms with van der Waals surface area (Å²) in [5.41, 5.74) is -2.55. The topological polar surface area (TPSA) is 119 Å². The Morgan fingerprint density at radius 3 is 2.13 bits per heavy atom. The van der Waals surface area contributed by atoms with Crippen molar-refractivity contribution >= 4 is 39.6 Å². The number of ether oxygens (including phenoxy) is 4. The van der Waals surface area contributed by atoms with Crippen molar-refractivity contribution in [3.63, 3.8) is 0 Å². The second-order valence-electron chi connectivity index (χ2n) is 20.0. The van der Waals surface area contributed by atoms with E-state index in [1.54, 1.807) is 56.4 Å². The lowest BCUT2D eigenvalue weighted by molar-refractivity contribution is -0.137. The van der Waals surface area contributed by atoms with Crippen LogP contribution in [-0.4, -0.2) is 107 Å². The Morgan fingerprint density at radius 1 is 0.886 bits per heavy atom. The van der Waals surface area contributed by atoms with Crippen LogP contribution in [0.15, 0.2) is 71.1 Å². The van der Waals surface area contributed by atoms with E-state index in [-0.39, 0.29) is 84.3 Å². The minimum Gasteiger partial charge on any atom is -0.497 e. The Labute approximate surface area is 402 Å².